The van der Waals surface area contributed by atoms with Crippen LogP contribution in [-0.2, 0) is 9.59 Å². The van der Waals surface area contributed by atoms with Crippen LogP contribution in [0.25, 0.3) is 0 Å². The maximum absolute atomic E-state index is 10.7. The highest BCUT2D eigenvalue weighted by Crippen LogP contribution is 1.85. The molecule has 4 nitrogen and oxygen atoms in total. The Hall–Kier alpha value is -1.32. The van der Waals surface area contributed by atoms with E-state index in [1.54, 1.807) is 0 Å². The van der Waals surface area contributed by atoms with Gasteiger partial charge in [0, 0.05) is 20.0 Å². The minimum absolute atomic E-state index is 0.303. The van der Waals surface area contributed by atoms with Gasteiger partial charge in [0.1, 0.15) is 0 Å². The second-order valence-corrected chi connectivity index (χ2v) is 1.78. The normalized spacial score (nSPS) is 9.80. The van der Waals surface area contributed by atoms with Crippen molar-refractivity contribution in [3.05, 3.63) is 12.3 Å². The molecule has 0 bridgehead atoms. The quantitative estimate of drug-likeness (QED) is 0.500. The van der Waals surface area contributed by atoms with Gasteiger partial charge in [0.05, 0.1) is 0 Å². The third-order valence-electron chi connectivity index (χ3n) is 1.04. The summed E-state index contributed by atoms with van der Waals surface area (Å²) in [5, 5.41) is 0. The standard InChI is InChI=1S/C6H10N2O2/c1-5(9)8(2)6(10)3-4-7/h3-4H,7H2,1-2H3/b4-3+. The average Bonchev–Trinajstić information content (AvgIpc) is 1.87. The minimum Gasteiger partial charge on any atom is -0.404 e. The second kappa shape index (κ2) is 3.66. The molecule has 0 heterocycles. The van der Waals surface area contributed by atoms with Gasteiger partial charge in [-0.3, -0.25) is 14.5 Å². The average molecular weight is 142 g/mol. The van der Waals surface area contributed by atoms with E-state index in [0.717, 1.165) is 17.2 Å². The topological polar surface area (TPSA) is 63.4 Å². The number of carbonyl (C=O) groups excluding carboxylic acids is 2. The summed E-state index contributed by atoms with van der Waals surface area (Å²) in [5.41, 5.74) is 4.93. The van der Waals surface area contributed by atoms with E-state index >= 15 is 0 Å². The molecule has 2 N–H and O–H groups in total. The molecule has 56 valence electrons. The molecule has 0 atom stereocenters. The van der Waals surface area contributed by atoms with Gasteiger partial charge in [-0.15, -0.1) is 0 Å². The fourth-order valence-corrected chi connectivity index (χ4v) is 0.349. The first-order valence-corrected chi connectivity index (χ1v) is 2.76. The monoisotopic (exact) mass is 142 g/mol. The smallest absolute Gasteiger partial charge is 0.254 e. The molecule has 0 rings (SSSR count). The van der Waals surface area contributed by atoms with Crippen molar-refractivity contribution in [3.63, 3.8) is 0 Å². The summed E-state index contributed by atoms with van der Waals surface area (Å²) in [5.74, 6) is -0.710. The molecule has 0 unspecified atom stereocenters. The number of carbonyl (C=O) groups is 2. The van der Waals surface area contributed by atoms with E-state index in [0.29, 0.717) is 0 Å². The van der Waals surface area contributed by atoms with Crippen molar-refractivity contribution in [2.45, 2.75) is 6.92 Å². The molecule has 10 heavy (non-hydrogen) atoms. The predicted molar refractivity (Wildman–Crippen MR) is 36.8 cm³/mol. The Morgan fingerprint density at radius 1 is 1.50 bits per heavy atom. The zero-order valence-corrected chi connectivity index (χ0v) is 6.00. The van der Waals surface area contributed by atoms with Crippen LogP contribution in [0.3, 0.4) is 0 Å². The zero-order valence-electron chi connectivity index (χ0n) is 6.00. The number of nitrogens with two attached hydrogens (primary N) is 1. The van der Waals surface area contributed by atoms with Gasteiger partial charge < -0.3 is 5.73 Å². The SMILES string of the molecule is CC(=O)N(C)C(=O)/C=C/N. The van der Waals surface area contributed by atoms with Crippen LogP contribution < -0.4 is 5.73 Å². The van der Waals surface area contributed by atoms with E-state index in [-0.39, 0.29) is 5.91 Å². The van der Waals surface area contributed by atoms with Gasteiger partial charge in [-0.05, 0) is 6.20 Å². The first-order valence-electron chi connectivity index (χ1n) is 2.76. The highest BCUT2D eigenvalue weighted by Gasteiger charge is 2.07. The fourth-order valence-electron chi connectivity index (χ4n) is 0.349. The van der Waals surface area contributed by atoms with Crippen molar-refractivity contribution < 1.29 is 9.59 Å². The molecule has 0 aromatic carbocycles. The number of hydrogen-bond donors (Lipinski definition) is 1. The Labute approximate surface area is 59.3 Å². The number of imide groups is 1. The van der Waals surface area contributed by atoms with Crippen molar-refractivity contribution in [1.82, 2.24) is 4.90 Å². The van der Waals surface area contributed by atoms with Crippen LogP contribution in [-0.4, -0.2) is 23.8 Å². The third-order valence-corrected chi connectivity index (χ3v) is 1.04. The molecule has 0 aliphatic carbocycles. The molecule has 0 fully saturated rings. The number of likely N-dealkylation sites (N-methyl/N-ethyl adjacent to an activating group) is 1. The van der Waals surface area contributed by atoms with Crippen molar-refractivity contribution in [2.75, 3.05) is 7.05 Å². The molecule has 0 aliphatic rings. The lowest BCUT2D eigenvalue weighted by Gasteiger charge is -2.08. The third kappa shape index (κ3) is 2.30. The fraction of sp³-hybridized carbons (Fsp3) is 0.333. The summed E-state index contributed by atoms with van der Waals surface area (Å²) >= 11 is 0. The predicted octanol–water partition coefficient (Wildman–Crippen LogP) is -0.536. The largest absolute Gasteiger partial charge is 0.404 e. The van der Waals surface area contributed by atoms with E-state index in [2.05, 4.69) is 0 Å². The van der Waals surface area contributed by atoms with E-state index < -0.39 is 5.91 Å². The van der Waals surface area contributed by atoms with Gasteiger partial charge in [-0.25, -0.2) is 0 Å². The lowest BCUT2D eigenvalue weighted by atomic mass is 10.5. The van der Waals surface area contributed by atoms with Crippen LogP contribution in [0.2, 0.25) is 0 Å². The highest BCUT2D eigenvalue weighted by molar-refractivity contribution is 5.99. The van der Waals surface area contributed by atoms with Gasteiger partial charge in [0.15, 0.2) is 0 Å². The van der Waals surface area contributed by atoms with Crippen LogP contribution >= 0.6 is 0 Å². The van der Waals surface area contributed by atoms with Crippen LogP contribution in [0, 0.1) is 0 Å². The van der Waals surface area contributed by atoms with E-state index in [4.69, 9.17) is 5.73 Å². The van der Waals surface area contributed by atoms with E-state index in [1.165, 1.54) is 14.0 Å². The molecule has 0 spiro atoms. The van der Waals surface area contributed by atoms with Crippen LogP contribution in [0.1, 0.15) is 6.92 Å². The molecule has 0 aromatic heterocycles. The van der Waals surface area contributed by atoms with E-state index in [1.807, 2.05) is 0 Å². The molecular weight excluding hydrogens is 132 g/mol. The number of hydrogen-bond acceptors (Lipinski definition) is 3. The van der Waals surface area contributed by atoms with Crippen molar-refractivity contribution >= 4 is 11.8 Å². The van der Waals surface area contributed by atoms with Crippen LogP contribution in [0.15, 0.2) is 12.3 Å². The summed E-state index contributed by atoms with van der Waals surface area (Å²) in [6.45, 7) is 1.31. The first kappa shape index (κ1) is 8.68. The van der Waals surface area contributed by atoms with Crippen LogP contribution in [0.4, 0.5) is 0 Å². The van der Waals surface area contributed by atoms with Gasteiger partial charge in [0.25, 0.3) is 5.91 Å². The molecular formula is C6H10N2O2. The highest BCUT2D eigenvalue weighted by atomic mass is 16.2. The maximum atomic E-state index is 10.7. The molecule has 0 aliphatic heterocycles. The lowest BCUT2D eigenvalue weighted by Crippen LogP contribution is -2.29. The van der Waals surface area contributed by atoms with Gasteiger partial charge >= 0.3 is 0 Å². The summed E-state index contributed by atoms with van der Waals surface area (Å²) in [6.07, 6.45) is 2.23. The van der Waals surface area contributed by atoms with Crippen molar-refractivity contribution in [1.29, 1.82) is 0 Å². The maximum Gasteiger partial charge on any atom is 0.254 e. The summed E-state index contributed by atoms with van der Waals surface area (Å²) in [7, 11) is 1.39. The summed E-state index contributed by atoms with van der Waals surface area (Å²) < 4.78 is 0. The second-order valence-electron chi connectivity index (χ2n) is 1.78. The summed E-state index contributed by atoms with van der Waals surface area (Å²) in [4.78, 5) is 22.2. The molecule has 0 saturated heterocycles. The van der Waals surface area contributed by atoms with Crippen molar-refractivity contribution in [3.8, 4) is 0 Å². The van der Waals surface area contributed by atoms with Gasteiger partial charge in [-0.1, -0.05) is 0 Å². The lowest BCUT2D eigenvalue weighted by molar-refractivity contribution is -0.138. The summed E-state index contributed by atoms with van der Waals surface area (Å²) in [6, 6.07) is 0. The molecule has 2 amide bonds. The zero-order chi connectivity index (χ0) is 8.15. The molecule has 0 radical (unpaired) electrons. The number of amides is 2. The Morgan fingerprint density at radius 2 is 2.00 bits per heavy atom. The van der Waals surface area contributed by atoms with Gasteiger partial charge in [-0.2, -0.15) is 0 Å². The first-order chi connectivity index (χ1) is 4.59. The Morgan fingerprint density at radius 3 is 2.30 bits per heavy atom. The number of nitrogens with zero attached hydrogens (tertiary/aromatic N) is 1. The van der Waals surface area contributed by atoms with Crippen LogP contribution in [0.5, 0.6) is 0 Å². The molecule has 0 aromatic rings. The Kier molecular flexibility index (Phi) is 3.17. The molecule has 0 saturated carbocycles. The number of rotatable bonds is 1. The minimum atomic E-state index is -0.407. The molecule has 4 heteroatoms. The van der Waals surface area contributed by atoms with Gasteiger partial charge in [0.2, 0.25) is 5.91 Å². The Bertz CT molecular complexity index is 175. The van der Waals surface area contributed by atoms with E-state index in [9.17, 15) is 9.59 Å². The Balaban J connectivity index is 4.08. The van der Waals surface area contributed by atoms with Crippen molar-refractivity contribution in [2.24, 2.45) is 5.73 Å².